The zero-order valence-corrected chi connectivity index (χ0v) is 15.6. The van der Waals surface area contributed by atoms with E-state index in [0.29, 0.717) is 23.8 Å². The first-order chi connectivity index (χ1) is 12.3. The third-order valence-corrected chi connectivity index (χ3v) is 3.98. The van der Waals surface area contributed by atoms with Gasteiger partial charge in [-0.05, 0) is 56.9 Å². The summed E-state index contributed by atoms with van der Waals surface area (Å²) >= 11 is 5.88. The van der Waals surface area contributed by atoms with Crippen LogP contribution in [0, 0.1) is 6.92 Å². The number of hydrogen-bond acceptors (Lipinski definition) is 5. The molecule has 1 atom stereocenters. The fourth-order valence-electron chi connectivity index (χ4n) is 2.15. The van der Waals surface area contributed by atoms with E-state index in [1.807, 2.05) is 6.92 Å². The lowest BCUT2D eigenvalue weighted by Gasteiger charge is -2.13. The van der Waals surface area contributed by atoms with Gasteiger partial charge in [0.1, 0.15) is 5.75 Å². The Hall–Kier alpha value is -2.28. The van der Waals surface area contributed by atoms with Crippen LogP contribution in [0.2, 0.25) is 5.02 Å². The van der Waals surface area contributed by atoms with Crippen LogP contribution in [0.5, 0.6) is 5.75 Å². The Morgan fingerprint density at radius 3 is 2.69 bits per heavy atom. The van der Waals surface area contributed by atoms with E-state index >= 15 is 0 Å². The van der Waals surface area contributed by atoms with Crippen LogP contribution in [0.15, 0.2) is 18.2 Å². The molecule has 7 nitrogen and oxygen atoms in total. The van der Waals surface area contributed by atoms with Gasteiger partial charge in [0.15, 0.2) is 6.10 Å². The molecule has 0 heterocycles. The number of urea groups is 1. The molecule has 0 aromatic heterocycles. The molecule has 26 heavy (non-hydrogen) atoms. The summed E-state index contributed by atoms with van der Waals surface area (Å²) < 4.78 is 10.6. The van der Waals surface area contributed by atoms with Gasteiger partial charge in [0.2, 0.25) is 0 Å². The molecule has 0 bridgehead atoms. The fourth-order valence-corrected chi connectivity index (χ4v) is 2.37. The second-order valence-corrected chi connectivity index (χ2v) is 6.67. The predicted octanol–water partition coefficient (Wildman–Crippen LogP) is 2.73. The van der Waals surface area contributed by atoms with Gasteiger partial charge in [-0.1, -0.05) is 11.6 Å². The highest BCUT2D eigenvalue weighted by Crippen LogP contribution is 2.22. The summed E-state index contributed by atoms with van der Waals surface area (Å²) in [4.78, 5) is 35.0. The van der Waals surface area contributed by atoms with Gasteiger partial charge in [-0.25, -0.2) is 4.79 Å². The van der Waals surface area contributed by atoms with Gasteiger partial charge in [0.25, 0.3) is 5.91 Å². The van der Waals surface area contributed by atoms with Crippen molar-refractivity contribution in [1.82, 2.24) is 10.6 Å². The minimum atomic E-state index is -1.04. The van der Waals surface area contributed by atoms with Gasteiger partial charge in [-0.2, -0.15) is 0 Å². The maximum atomic E-state index is 11.8. The summed E-state index contributed by atoms with van der Waals surface area (Å²) in [5.74, 6) is -0.464. The summed E-state index contributed by atoms with van der Waals surface area (Å²) in [6.07, 6.45) is 1.36. The second kappa shape index (κ2) is 9.43. The van der Waals surface area contributed by atoms with Crippen molar-refractivity contribution < 1.29 is 23.9 Å². The molecular formula is C18H23ClN2O5. The Morgan fingerprint density at radius 1 is 1.31 bits per heavy atom. The number of hydrogen-bond donors (Lipinski definition) is 2. The summed E-state index contributed by atoms with van der Waals surface area (Å²) in [5.41, 5.74) is 0.912. The van der Waals surface area contributed by atoms with Gasteiger partial charge in [-0.3, -0.25) is 14.9 Å². The number of benzene rings is 1. The van der Waals surface area contributed by atoms with E-state index in [4.69, 9.17) is 21.1 Å². The number of ether oxygens (including phenoxy) is 2. The summed E-state index contributed by atoms with van der Waals surface area (Å²) in [6, 6.07) is 4.88. The number of aryl methyl sites for hydroxylation is 1. The van der Waals surface area contributed by atoms with E-state index in [0.717, 1.165) is 18.4 Å². The Balaban J connectivity index is 1.62. The lowest BCUT2D eigenvalue weighted by atomic mass is 10.2. The lowest BCUT2D eigenvalue weighted by molar-refractivity contribution is -0.154. The molecular weight excluding hydrogens is 360 g/mol. The molecule has 8 heteroatoms. The van der Waals surface area contributed by atoms with Gasteiger partial charge < -0.3 is 14.8 Å². The lowest BCUT2D eigenvalue weighted by Crippen LogP contribution is -2.45. The summed E-state index contributed by atoms with van der Waals surface area (Å²) in [6.45, 7) is 3.64. The van der Waals surface area contributed by atoms with E-state index in [1.54, 1.807) is 18.2 Å². The average molecular weight is 383 g/mol. The Labute approximate surface area is 157 Å². The minimum Gasteiger partial charge on any atom is -0.493 e. The molecule has 0 saturated heterocycles. The number of halogens is 1. The number of nitrogens with one attached hydrogen (secondary N) is 2. The molecule has 1 aromatic rings. The molecule has 1 aromatic carbocycles. The number of esters is 1. The molecule has 2 N–H and O–H groups in total. The smallest absolute Gasteiger partial charge is 0.321 e. The van der Waals surface area contributed by atoms with Crippen LogP contribution >= 0.6 is 11.6 Å². The van der Waals surface area contributed by atoms with Crippen molar-refractivity contribution in [3.05, 3.63) is 28.8 Å². The summed E-state index contributed by atoms with van der Waals surface area (Å²) in [7, 11) is 0. The number of carbonyl (C=O) groups is 3. The van der Waals surface area contributed by atoms with E-state index in [9.17, 15) is 14.4 Å². The third kappa shape index (κ3) is 6.92. The Morgan fingerprint density at radius 2 is 2.04 bits per heavy atom. The van der Waals surface area contributed by atoms with Crippen molar-refractivity contribution in [1.29, 1.82) is 0 Å². The van der Waals surface area contributed by atoms with Gasteiger partial charge in [-0.15, -0.1) is 0 Å². The first-order valence-electron chi connectivity index (χ1n) is 8.55. The standard InChI is InChI=1S/C18H23ClN2O5/c1-11-10-13(19)5-8-15(11)25-9-3-4-16(22)26-12(2)17(23)21-18(24)20-14-6-7-14/h5,8,10,12,14H,3-4,6-7,9H2,1-2H3,(H2,20,21,23,24). The maximum Gasteiger partial charge on any atom is 0.321 e. The van der Waals surface area contributed by atoms with Crippen molar-refractivity contribution in [2.45, 2.75) is 51.7 Å². The van der Waals surface area contributed by atoms with Crippen LogP contribution in [0.1, 0.15) is 38.2 Å². The van der Waals surface area contributed by atoms with Crippen LogP contribution in [0.3, 0.4) is 0 Å². The molecule has 1 aliphatic rings. The first kappa shape index (κ1) is 20.0. The predicted molar refractivity (Wildman–Crippen MR) is 96.2 cm³/mol. The van der Waals surface area contributed by atoms with Crippen molar-refractivity contribution >= 4 is 29.5 Å². The van der Waals surface area contributed by atoms with Crippen LogP contribution < -0.4 is 15.4 Å². The van der Waals surface area contributed by atoms with E-state index < -0.39 is 24.0 Å². The van der Waals surface area contributed by atoms with E-state index in [-0.39, 0.29) is 12.5 Å². The van der Waals surface area contributed by atoms with Crippen molar-refractivity contribution in [2.24, 2.45) is 0 Å². The molecule has 2 rings (SSSR count). The largest absolute Gasteiger partial charge is 0.493 e. The topological polar surface area (TPSA) is 93.7 Å². The van der Waals surface area contributed by atoms with Crippen LogP contribution in [0.25, 0.3) is 0 Å². The van der Waals surface area contributed by atoms with Crippen molar-refractivity contribution in [2.75, 3.05) is 6.61 Å². The van der Waals surface area contributed by atoms with Crippen LogP contribution in [0.4, 0.5) is 4.79 Å². The zero-order chi connectivity index (χ0) is 19.1. The minimum absolute atomic E-state index is 0.110. The average Bonchev–Trinajstić information content (AvgIpc) is 3.36. The fraction of sp³-hybridized carbons (Fsp3) is 0.500. The zero-order valence-electron chi connectivity index (χ0n) is 14.8. The molecule has 3 amide bonds. The number of carbonyl (C=O) groups excluding carboxylic acids is 3. The molecule has 1 saturated carbocycles. The number of imide groups is 1. The molecule has 1 fully saturated rings. The van der Waals surface area contributed by atoms with Crippen LogP contribution in [-0.4, -0.2) is 36.7 Å². The normalized spacial score (nSPS) is 14.3. The highest BCUT2D eigenvalue weighted by atomic mass is 35.5. The van der Waals surface area contributed by atoms with E-state index in [2.05, 4.69) is 10.6 Å². The van der Waals surface area contributed by atoms with Crippen molar-refractivity contribution in [3.63, 3.8) is 0 Å². The molecule has 1 unspecified atom stereocenters. The monoisotopic (exact) mass is 382 g/mol. The number of rotatable bonds is 8. The first-order valence-corrected chi connectivity index (χ1v) is 8.92. The van der Waals surface area contributed by atoms with Gasteiger partial charge in [0, 0.05) is 17.5 Å². The second-order valence-electron chi connectivity index (χ2n) is 6.23. The SMILES string of the molecule is Cc1cc(Cl)ccc1OCCCC(=O)OC(C)C(=O)NC(=O)NC1CC1. The van der Waals surface area contributed by atoms with Gasteiger partial charge in [0.05, 0.1) is 6.61 Å². The van der Waals surface area contributed by atoms with Crippen molar-refractivity contribution in [3.8, 4) is 5.75 Å². The molecule has 0 aliphatic heterocycles. The molecule has 142 valence electrons. The molecule has 0 spiro atoms. The Bertz CT molecular complexity index is 676. The highest BCUT2D eigenvalue weighted by Gasteiger charge is 2.25. The molecule has 0 radical (unpaired) electrons. The maximum absolute atomic E-state index is 11.8. The third-order valence-electron chi connectivity index (χ3n) is 3.75. The quantitative estimate of drug-likeness (QED) is 0.532. The Kier molecular flexibility index (Phi) is 7.26. The van der Waals surface area contributed by atoms with E-state index in [1.165, 1.54) is 6.92 Å². The number of amides is 3. The van der Waals surface area contributed by atoms with Crippen LogP contribution in [-0.2, 0) is 14.3 Å². The molecule has 1 aliphatic carbocycles. The van der Waals surface area contributed by atoms with Gasteiger partial charge >= 0.3 is 12.0 Å². The summed E-state index contributed by atoms with van der Waals surface area (Å²) in [5, 5.41) is 5.41. The highest BCUT2D eigenvalue weighted by molar-refractivity contribution is 6.30.